The van der Waals surface area contributed by atoms with Crippen molar-refractivity contribution in [1.82, 2.24) is 0 Å². The number of aryl methyl sites for hydroxylation is 2. The van der Waals surface area contributed by atoms with Gasteiger partial charge in [0.2, 0.25) is 0 Å². The molecule has 0 heterocycles. The molecule has 0 nitrogen and oxygen atoms in total. The van der Waals surface area contributed by atoms with Crippen molar-refractivity contribution in [2.45, 2.75) is 13.8 Å². The molecule has 0 saturated heterocycles. The Balaban J connectivity index is 2.63. The maximum absolute atomic E-state index is 3.48. The predicted molar refractivity (Wildman–Crippen MR) is 80.2 cm³/mol. The first-order valence-electron chi connectivity index (χ1n) is 5.73. The molecule has 0 aromatic heterocycles. The summed E-state index contributed by atoms with van der Waals surface area (Å²) in [5.41, 5.74) is 1.41. The van der Waals surface area contributed by atoms with Gasteiger partial charge in [-0.1, -0.05) is 0 Å². The molecule has 0 N–H and O–H groups in total. The summed E-state index contributed by atoms with van der Waals surface area (Å²) >= 11 is 3.48. The van der Waals surface area contributed by atoms with Crippen LogP contribution in [-0.2, 0) is 0 Å². The average Bonchev–Trinajstić information content (AvgIpc) is 2.29. The zero-order valence-corrected chi connectivity index (χ0v) is 13.1. The summed E-state index contributed by atoms with van der Waals surface area (Å²) in [5.74, 6) is 0. The van der Waals surface area contributed by atoms with Gasteiger partial charge in [-0.05, 0) is 0 Å². The fraction of sp³-hybridized carbons (Fsp3) is 0.200. The molecule has 0 bridgehead atoms. The van der Waals surface area contributed by atoms with Crippen LogP contribution < -0.4 is 10.6 Å². The van der Waals surface area contributed by atoms with E-state index in [9.17, 15) is 0 Å². The van der Waals surface area contributed by atoms with Gasteiger partial charge in [-0.15, -0.1) is 0 Å². The van der Waals surface area contributed by atoms with Crippen molar-refractivity contribution >= 4 is 31.2 Å². The normalized spacial score (nSPS) is 11.5. The minimum atomic E-state index is -1.35. The first-order valence-corrected chi connectivity index (χ1v) is 10.2. The molecule has 0 spiro atoms. The first kappa shape index (κ1) is 12.8. The van der Waals surface area contributed by atoms with E-state index in [2.05, 4.69) is 84.1 Å². The van der Waals surface area contributed by atoms with Gasteiger partial charge in [0.25, 0.3) is 0 Å². The van der Waals surface area contributed by atoms with Gasteiger partial charge in [0.05, 0.1) is 0 Å². The van der Waals surface area contributed by atoms with E-state index < -0.39 is 5.51 Å². The van der Waals surface area contributed by atoms with E-state index in [-0.39, 0.29) is 0 Å². The van der Waals surface area contributed by atoms with Crippen LogP contribution in [0.2, 0.25) is 0 Å². The quantitative estimate of drug-likeness (QED) is 0.591. The molecule has 2 rings (SSSR count). The maximum atomic E-state index is 3.48. The fourth-order valence-electron chi connectivity index (χ4n) is 2.21. The molecule has 0 aliphatic heterocycles. The third-order valence-electron chi connectivity index (χ3n) is 3.15. The van der Waals surface area contributed by atoms with Crippen molar-refractivity contribution in [3.63, 3.8) is 0 Å². The van der Waals surface area contributed by atoms with Gasteiger partial charge < -0.3 is 0 Å². The zero-order chi connectivity index (χ0) is 12.5. The first-order chi connectivity index (χ1) is 8.03. The molecule has 88 valence electrons. The van der Waals surface area contributed by atoms with Crippen LogP contribution in [-0.4, -0.2) is 21.8 Å². The van der Waals surface area contributed by atoms with E-state index in [4.69, 9.17) is 0 Å². The van der Waals surface area contributed by atoms with Crippen LogP contribution >= 0.6 is 5.51 Å². The Labute approximate surface area is 111 Å². The van der Waals surface area contributed by atoms with Gasteiger partial charge in [-0.2, -0.15) is 0 Å². The second-order valence-electron chi connectivity index (χ2n) is 4.50. The van der Waals surface area contributed by atoms with Crippen LogP contribution in [0.25, 0.3) is 0 Å². The molecule has 0 unspecified atom stereocenters. The van der Waals surface area contributed by atoms with Gasteiger partial charge >= 0.3 is 111 Å². The topological polar surface area (TPSA) is 0 Å². The number of hydrogen-bond acceptors (Lipinski definition) is 0. The van der Waals surface area contributed by atoms with Crippen molar-refractivity contribution in [1.29, 1.82) is 0 Å². The van der Waals surface area contributed by atoms with Gasteiger partial charge in [-0.3, -0.25) is 0 Å². The Morgan fingerprint density at radius 1 is 0.765 bits per heavy atom. The molecule has 2 aromatic carbocycles. The Morgan fingerprint density at radius 3 is 1.47 bits per heavy atom. The molecule has 0 aliphatic carbocycles. The number of benzene rings is 2. The van der Waals surface area contributed by atoms with Crippen LogP contribution in [0.3, 0.4) is 0 Å². The predicted octanol–water partition coefficient (Wildman–Crippen LogP) is 2.99. The van der Waals surface area contributed by atoms with Crippen molar-refractivity contribution < 1.29 is 0 Å². The summed E-state index contributed by atoms with van der Waals surface area (Å²) in [5, 5.41) is 2.93. The molecule has 0 amide bonds. The van der Waals surface area contributed by atoms with E-state index in [1.165, 1.54) is 21.7 Å². The second-order valence-corrected chi connectivity index (χ2v) is 11.9. The van der Waals surface area contributed by atoms with Crippen LogP contribution in [0.1, 0.15) is 11.1 Å². The van der Waals surface area contributed by atoms with Crippen molar-refractivity contribution in [2.75, 3.05) is 6.66 Å². The Kier molecular flexibility index (Phi) is 3.73. The minimum absolute atomic E-state index is 1.35. The summed E-state index contributed by atoms with van der Waals surface area (Å²) in [6.45, 7) is 6.75. The van der Waals surface area contributed by atoms with Crippen molar-refractivity contribution in [3.8, 4) is 0 Å². The van der Waals surface area contributed by atoms with Crippen molar-refractivity contribution in [2.24, 2.45) is 0 Å². The van der Waals surface area contributed by atoms with Crippen molar-refractivity contribution in [3.05, 3.63) is 59.7 Å². The summed E-state index contributed by atoms with van der Waals surface area (Å²) in [7, 11) is 0. The molecule has 0 radical (unpaired) electrons. The number of hydrogen-bond donors (Lipinski definition) is 0. The SMILES string of the molecule is Cc1ccccc1P(C)(=[Se])c1ccccc1C. The average molecular weight is 307 g/mol. The molecular formula is C15H17PSe. The molecule has 0 fully saturated rings. The Bertz CT molecular complexity index is 537. The summed E-state index contributed by atoms with van der Waals surface area (Å²) in [6, 6.07) is 17.4. The fourth-order valence-corrected chi connectivity index (χ4v) is 7.29. The van der Waals surface area contributed by atoms with E-state index >= 15 is 0 Å². The monoisotopic (exact) mass is 308 g/mol. The summed E-state index contributed by atoms with van der Waals surface area (Å²) in [4.78, 5) is 0. The summed E-state index contributed by atoms with van der Waals surface area (Å²) in [6.07, 6.45) is 0. The second kappa shape index (κ2) is 4.94. The van der Waals surface area contributed by atoms with Crippen LogP contribution in [0, 0.1) is 13.8 Å². The third kappa shape index (κ3) is 2.47. The zero-order valence-electron chi connectivity index (χ0n) is 10.5. The van der Waals surface area contributed by atoms with Gasteiger partial charge in [0, 0.05) is 0 Å². The Morgan fingerprint density at radius 2 is 1.12 bits per heavy atom. The molecule has 0 saturated carbocycles. The van der Waals surface area contributed by atoms with Gasteiger partial charge in [0.15, 0.2) is 0 Å². The number of rotatable bonds is 2. The molecule has 17 heavy (non-hydrogen) atoms. The molecule has 2 aromatic rings. The van der Waals surface area contributed by atoms with Crippen LogP contribution in [0.5, 0.6) is 0 Å². The van der Waals surface area contributed by atoms with Gasteiger partial charge in [-0.25, -0.2) is 0 Å². The van der Waals surface area contributed by atoms with E-state index in [0.717, 1.165) is 0 Å². The van der Waals surface area contributed by atoms with Crippen LogP contribution in [0.4, 0.5) is 0 Å². The molecule has 0 aliphatic rings. The molecule has 0 atom stereocenters. The van der Waals surface area contributed by atoms with E-state index in [1.54, 1.807) is 0 Å². The molecule has 2 heteroatoms. The molecular weight excluding hydrogens is 290 g/mol. The van der Waals surface area contributed by atoms with E-state index in [1.807, 2.05) is 0 Å². The van der Waals surface area contributed by atoms with Crippen LogP contribution in [0.15, 0.2) is 48.5 Å². The van der Waals surface area contributed by atoms with Gasteiger partial charge in [0.1, 0.15) is 0 Å². The summed E-state index contributed by atoms with van der Waals surface area (Å²) < 4.78 is 0. The van der Waals surface area contributed by atoms with E-state index in [0.29, 0.717) is 0 Å². The Hall–Kier alpha value is -0.611. The third-order valence-corrected chi connectivity index (χ3v) is 8.47. The standard InChI is InChI=1S/C15H17PSe/c1-12-8-4-6-10-14(12)16(3,17)15-11-7-5-9-13(15)2/h4-11H,1-3H3.